The normalized spacial score (nSPS) is 13.5. The molecule has 0 aliphatic heterocycles. The summed E-state index contributed by atoms with van der Waals surface area (Å²) in [5.41, 5.74) is 3.10. The Morgan fingerprint density at radius 2 is 1.25 bits per heavy atom. The molecule has 8 heavy (non-hydrogen) atoms. The summed E-state index contributed by atoms with van der Waals surface area (Å²) in [4.78, 5) is 0. The Hall–Kier alpha value is 0.826. The molecule has 0 saturated carbocycles. The van der Waals surface area contributed by atoms with Gasteiger partial charge in [0.05, 0.1) is 0 Å². The van der Waals surface area contributed by atoms with Crippen molar-refractivity contribution >= 4 is 33.0 Å². The molecule has 0 rings (SSSR count). The molecule has 0 bridgehead atoms. The molecule has 0 aliphatic rings. The first-order valence-electron chi connectivity index (χ1n) is 2.66. The first-order valence-corrected chi connectivity index (χ1v) is 5.63. The maximum atomic E-state index is 2.21. The third-order valence-corrected chi connectivity index (χ3v) is 3.48. The van der Waals surface area contributed by atoms with Crippen LogP contribution in [0.2, 0.25) is 10.5 Å². The quantitative estimate of drug-likeness (QED) is 0.495. The molecule has 0 heterocycles. The van der Waals surface area contributed by atoms with E-state index in [-0.39, 0.29) is 0 Å². The molecule has 0 nitrogen and oxygen atoms in total. The van der Waals surface area contributed by atoms with Crippen LogP contribution < -0.4 is 0 Å². The van der Waals surface area contributed by atoms with E-state index in [1.165, 1.54) is 10.5 Å². The third kappa shape index (κ3) is 2.97. The Kier molecular flexibility index (Phi) is 5.16. The summed E-state index contributed by atoms with van der Waals surface area (Å²) in [5.74, 6) is 0. The molecule has 0 aliphatic carbocycles. The van der Waals surface area contributed by atoms with Gasteiger partial charge in [0.25, 0.3) is 0 Å². The van der Waals surface area contributed by atoms with Crippen molar-refractivity contribution in [2.45, 2.75) is 24.4 Å². The minimum atomic E-state index is 1.21. The second kappa shape index (κ2) is 4.68. The first kappa shape index (κ1) is 8.83. The van der Waals surface area contributed by atoms with E-state index in [1.807, 2.05) is 0 Å². The van der Waals surface area contributed by atoms with Gasteiger partial charge in [-0.3, -0.25) is 0 Å². The topological polar surface area (TPSA) is 0 Å². The summed E-state index contributed by atoms with van der Waals surface area (Å²) in [6.07, 6.45) is 0. The van der Waals surface area contributed by atoms with Crippen molar-refractivity contribution in [2.75, 3.05) is 0 Å². The van der Waals surface area contributed by atoms with Gasteiger partial charge in [-0.25, -0.2) is 0 Å². The van der Waals surface area contributed by atoms with E-state index in [2.05, 4.69) is 46.9 Å². The van der Waals surface area contributed by atoms with Gasteiger partial charge < -0.3 is 0 Å². The zero-order chi connectivity index (χ0) is 6.57. The van der Waals surface area contributed by atoms with E-state index in [0.29, 0.717) is 0 Å². The maximum absolute atomic E-state index is 2.21. The number of hydrogen-bond donors (Lipinski definition) is 0. The third-order valence-electron chi connectivity index (χ3n) is 1.26. The molecule has 0 saturated heterocycles. The van der Waals surface area contributed by atoms with Crippen LogP contribution in [0.15, 0.2) is 11.1 Å². The second-order valence-corrected chi connectivity index (χ2v) is 3.40. The van der Waals surface area contributed by atoms with Crippen molar-refractivity contribution < 1.29 is 0 Å². The van der Waals surface area contributed by atoms with Gasteiger partial charge in [0, 0.05) is 0 Å². The number of hydrogen-bond acceptors (Lipinski definition) is 0. The van der Waals surface area contributed by atoms with Gasteiger partial charge in [-0.15, -0.1) is 0 Å². The molecule has 2 heteroatoms. The summed E-state index contributed by atoms with van der Waals surface area (Å²) in [6.45, 7) is 4.41. The zero-order valence-corrected chi connectivity index (χ0v) is 9.61. The Bertz CT molecular complexity index is 82.7. The number of allylic oxidation sites excluding steroid dienone is 2. The van der Waals surface area contributed by atoms with Gasteiger partial charge in [0.1, 0.15) is 0 Å². The van der Waals surface area contributed by atoms with Crippen LogP contribution in [-0.4, -0.2) is 33.0 Å². The van der Waals surface area contributed by atoms with Crippen molar-refractivity contribution in [1.29, 1.82) is 0 Å². The van der Waals surface area contributed by atoms with Gasteiger partial charge >= 0.3 is 68.5 Å². The molecule has 0 spiro atoms. The Morgan fingerprint density at radius 3 is 1.38 bits per heavy atom. The fourth-order valence-corrected chi connectivity index (χ4v) is 1.57. The van der Waals surface area contributed by atoms with Gasteiger partial charge in [-0.05, 0) is 0 Å². The van der Waals surface area contributed by atoms with Gasteiger partial charge in [0.15, 0.2) is 0 Å². The number of rotatable bonds is 2. The summed E-state index contributed by atoms with van der Waals surface area (Å²) < 4.78 is 0. The molecule has 0 aromatic heterocycles. The van der Waals surface area contributed by atoms with Crippen molar-refractivity contribution in [2.24, 2.45) is 0 Å². The zero-order valence-electron chi connectivity index (χ0n) is 5.41. The van der Waals surface area contributed by atoms with Crippen molar-refractivity contribution in [3.8, 4) is 0 Å². The molecule has 0 N–H and O–H groups in total. The summed E-state index contributed by atoms with van der Waals surface area (Å²) >= 11 is 4.41. The molecule has 0 atom stereocenters. The van der Waals surface area contributed by atoms with E-state index in [1.54, 1.807) is 11.1 Å². The van der Waals surface area contributed by atoms with Crippen molar-refractivity contribution in [1.82, 2.24) is 0 Å². The monoisotopic (exact) mass is 230 g/mol. The molecule has 6 radical (unpaired) electrons. The predicted octanol–water partition coefficient (Wildman–Crippen LogP) is 1.50. The Balaban J connectivity index is 3.83. The summed E-state index contributed by atoms with van der Waals surface area (Å²) in [5, 5.41) is 2.42. The Morgan fingerprint density at radius 1 is 1.00 bits per heavy atom. The van der Waals surface area contributed by atoms with Gasteiger partial charge in [-0.1, -0.05) is 0 Å². The Labute approximate surface area is 68.6 Å². The summed E-state index contributed by atoms with van der Waals surface area (Å²) in [7, 11) is 0. The van der Waals surface area contributed by atoms with E-state index in [0.717, 1.165) is 0 Å². The molecular weight excluding hydrogens is 217 g/mol. The molecule has 42 valence electrons. The van der Waals surface area contributed by atoms with Crippen LogP contribution in [-0.2, 0) is 0 Å². The van der Waals surface area contributed by atoms with Crippen molar-refractivity contribution in [3.05, 3.63) is 11.1 Å². The van der Waals surface area contributed by atoms with Crippen LogP contribution in [0.3, 0.4) is 0 Å². The second-order valence-electron chi connectivity index (χ2n) is 1.91. The predicted molar refractivity (Wildman–Crippen MR) is 39.5 cm³/mol. The van der Waals surface area contributed by atoms with E-state index < -0.39 is 0 Å². The summed E-state index contributed by atoms with van der Waals surface area (Å²) in [6, 6.07) is 0. The van der Waals surface area contributed by atoms with E-state index in [4.69, 9.17) is 0 Å². The van der Waals surface area contributed by atoms with Crippen LogP contribution in [0.25, 0.3) is 0 Å². The average molecular weight is 227 g/mol. The van der Waals surface area contributed by atoms with Crippen LogP contribution in [0, 0.1) is 0 Å². The van der Waals surface area contributed by atoms with Crippen LogP contribution in [0.4, 0.5) is 0 Å². The first-order chi connectivity index (χ1) is 3.72. The van der Waals surface area contributed by atoms with Gasteiger partial charge in [0.2, 0.25) is 0 Å². The SMILES string of the molecule is C/C([CH2][Ge])=C(\C)[CH2][Ge]. The van der Waals surface area contributed by atoms with Crippen LogP contribution in [0.1, 0.15) is 13.8 Å². The average Bonchev–Trinajstić information content (AvgIpc) is 1.84. The van der Waals surface area contributed by atoms with Gasteiger partial charge in [-0.2, -0.15) is 0 Å². The molecule has 0 fully saturated rings. The molecule has 0 unspecified atom stereocenters. The fraction of sp³-hybridized carbons (Fsp3) is 0.667. The molecule has 0 aromatic carbocycles. The standard InChI is InChI=1S/C6H10Ge2/c1-5(3-7)6(2)4-8/h3-4H2,1-2H3/b6-5-. The molecular formula is C6H10Ge2. The molecule has 0 aromatic rings. The van der Waals surface area contributed by atoms with E-state index >= 15 is 0 Å². The fourth-order valence-electron chi connectivity index (χ4n) is 0.302. The molecule has 0 amide bonds. The van der Waals surface area contributed by atoms with Crippen LogP contribution in [0.5, 0.6) is 0 Å². The van der Waals surface area contributed by atoms with E-state index in [9.17, 15) is 0 Å². The van der Waals surface area contributed by atoms with Crippen LogP contribution >= 0.6 is 0 Å². The minimum absolute atomic E-state index is 1.21. The van der Waals surface area contributed by atoms with Crippen molar-refractivity contribution in [3.63, 3.8) is 0 Å².